The Morgan fingerprint density at radius 3 is 2.77 bits per heavy atom. The minimum absolute atomic E-state index is 0.354. The number of hydrazine groups is 1. The Balaban J connectivity index is 3.04. The van der Waals surface area contributed by atoms with E-state index in [4.69, 9.17) is 12.3 Å². The predicted molar refractivity (Wildman–Crippen MR) is 53.0 cm³/mol. The summed E-state index contributed by atoms with van der Waals surface area (Å²) in [6.07, 6.45) is 5.18. The molecule has 0 aromatic heterocycles. The Labute approximate surface area is 84.4 Å². The van der Waals surface area contributed by atoms with E-state index in [-0.39, 0.29) is 5.82 Å². The fourth-order valence-corrected chi connectivity index (χ4v) is 1.18. The number of hydrogen-bond acceptors (Lipinski definition) is 2. The van der Waals surface area contributed by atoms with Gasteiger partial charge in [-0.25, -0.2) is 9.82 Å². The lowest BCUT2D eigenvalue weighted by molar-refractivity contribution is 0.609. The molecule has 4 heteroatoms. The van der Waals surface area contributed by atoms with E-state index in [9.17, 15) is 4.39 Å². The second-order valence-electron chi connectivity index (χ2n) is 2.44. The molecular formula is C9H8BrFN2. The van der Waals surface area contributed by atoms with Crippen molar-refractivity contribution in [1.29, 1.82) is 0 Å². The highest BCUT2D eigenvalue weighted by molar-refractivity contribution is 9.10. The van der Waals surface area contributed by atoms with Crippen LogP contribution in [0, 0.1) is 18.2 Å². The molecule has 1 atom stereocenters. The molecule has 0 aliphatic rings. The molecule has 1 unspecified atom stereocenters. The zero-order valence-corrected chi connectivity index (χ0v) is 8.31. The molecule has 0 saturated carbocycles. The molecule has 0 bridgehead atoms. The fraction of sp³-hybridized carbons (Fsp3) is 0.111. The highest BCUT2D eigenvalue weighted by atomic mass is 79.9. The van der Waals surface area contributed by atoms with E-state index >= 15 is 0 Å². The summed E-state index contributed by atoms with van der Waals surface area (Å²) in [5, 5.41) is 0. The highest BCUT2D eigenvalue weighted by Crippen LogP contribution is 2.19. The van der Waals surface area contributed by atoms with Gasteiger partial charge in [-0.1, -0.05) is 12.0 Å². The molecule has 13 heavy (non-hydrogen) atoms. The van der Waals surface area contributed by atoms with Gasteiger partial charge in [0.05, 0.1) is 4.47 Å². The van der Waals surface area contributed by atoms with Gasteiger partial charge in [0.15, 0.2) is 0 Å². The SMILES string of the molecule is C#CC(NN)c1ccc(Br)c(F)c1. The van der Waals surface area contributed by atoms with Crippen LogP contribution in [0.15, 0.2) is 22.7 Å². The third-order valence-electron chi connectivity index (χ3n) is 1.61. The average Bonchev–Trinajstić information content (AvgIpc) is 2.13. The fourth-order valence-electron chi connectivity index (χ4n) is 0.933. The molecular weight excluding hydrogens is 235 g/mol. The van der Waals surface area contributed by atoms with E-state index in [0.29, 0.717) is 10.0 Å². The third-order valence-corrected chi connectivity index (χ3v) is 2.25. The van der Waals surface area contributed by atoms with Crippen molar-refractivity contribution in [2.45, 2.75) is 6.04 Å². The van der Waals surface area contributed by atoms with E-state index in [2.05, 4.69) is 27.3 Å². The van der Waals surface area contributed by atoms with Gasteiger partial charge in [0.25, 0.3) is 0 Å². The molecule has 0 saturated heterocycles. The van der Waals surface area contributed by atoms with Crippen molar-refractivity contribution in [3.8, 4) is 12.3 Å². The van der Waals surface area contributed by atoms with Gasteiger partial charge in [-0.05, 0) is 33.6 Å². The first-order valence-corrected chi connectivity index (χ1v) is 4.35. The minimum Gasteiger partial charge on any atom is -0.270 e. The van der Waals surface area contributed by atoms with Gasteiger partial charge in [-0.2, -0.15) is 0 Å². The van der Waals surface area contributed by atoms with Crippen molar-refractivity contribution < 1.29 is 4.39 Å². The summed E-state index contributed by atoms with van der Waals surface area (Å²) >= 11 is 3.04. The first-order chi connectivity index (χ1) is 6.19. The van der Waals surface area contributed by atoms with Crippen LogP contribution in [0.25, 0.3) is 0 Å². The van der Waals surface area contributed by atoms with Crippen molar-refractivity contribution in [3.05, 3.63) is 34.1 Å². The molecule has 3 N–H and O–H groups in total. The molecule has 0 radical (unpaired) electrons. The Hall–Kier alpha value is -0.890. The van der Waals surface area contributed by atoms with Crippen molar-refractivity contribution in [2.24, 2.45) is 5.84 Å². The molecule has 1 aromatic rings. The number of nitrogens with two attached hydrogens (primary N) is 1. The lowest BCUT2D eigenvalue weighted by Gasteiger charge is -2.09. The maximum atomic E-state index is 13.0. The van der Waals surface area contributed by atoms with Crippen LogP contribution in [0.4, 0.5) is 4.39 Å². The highest BCUT2D eigenvalue weighted by Gasteiger charge is 2.07. The summed E-state index contributed by atoms with van der Waals surface area (Å²) in [4.78, 5) is 0. The summed E-state index contributed by atoms with van der Waals surface area (Å²) in [6.45, 7) is 0. The number of benzene rings is 1. The summed E-state index contributed by atoms with van der Waals surface area (Å²) in [5.41, 5.74) is 3.03. The van der Waals surface area contributed by atoms with Crippen LogP contribution >= 0.6 is 15.9 Å². The van der Waals surface area contributed by atoms with Crippen LogP contribution in [-0.2, 0) is 0 Å². The minimum atomic E-state index is -0.456. The van der Waals surface area contributed by atoms with Gasteiger partial charge in [-0.3, -0.25) is 5.84 Å². The Kier molecular flexibility index (Phi) is 3.43. The van der Waals surface area contributed by atoms with E-state index in [1.165, 1.54) is 6.07 Å². The zero-order chi connectivity index (χ0) is 9.84. The van der Waals surface area contributed by atoms with Crippen LogP contribution in [0.2, 0.25) is 0 Å². The molecule has 2 nitrogen and oxygen atoms in total. The Morgan fingerprint density at radius 1 is 1.62 bits per heavy atom. The van der Waals surface area contributed by atoms with E-state index in [1.807, 2.05) is 0 Å². The summed E-state index contributed by atoms with van der Waals surface area (Å²) in [6, 6.07) is 4.18. The largest absolute Gasteiger partial charge is 0.270 e. The van der Waals surface area contributed by atoms with Crippen LogP contribution in [0.3, 0.4) is 0 Å². The van der Waals surface area contributed by atoms with Crippen LogP contribution in [0.1, 0.15) is 11.6 Å². The van der Waals surface area contributed by atoms with Crippen molar-refractivity contribution in [3.63, 3.8) is 0 Å². The van der Waals surface area contributed by atoms with Gasteiger partial charge >= 0.3 is 0 Å². The van der Waals surface area contributed by atoms with Crippen molar-refractivity contribution >= 4 is 15.9 Å². The van der Waals surface area contributed by atoms with Gasteiger partial charge in [0.2, 0.25) is 0 Å². The van der Waals surface area contributed by atoms with Gasteiger partial charge in [-0.15, -0.1) is 6.42 Å². The predicted octanol–water partition coefficient (Wildman–Crippen LogP) is 1.73. The number of rotatable bonds is 2. The van der Waals surface area contributed by atoms with Gasteiger partial charge in [0.1, 0.15) is 11.9 Å². The van der Waals surface area contributed by atoms with Gasteiger partial charge < -0.3 is 0 Å². The normalized spacial score (nSPS) is 12.2. The van der Waals surface area contributed by atoms with Crippen molar-refractivity contribution in [1.82, 2.24) is 5.43 Å². The smallest absolute Gasteiger partial charge is 0.137 e. The number of halogens is 2. The van der Waals surface area contributed by atoms with Crippen LogP contribution < -0.4 is 11.3 Å². The Morgan fingerprint density at radius 2 is 2.31 bits per heavy atom. The standard InChI is InChI=1S/C9H8BrFN2/c1-2-9(13-12)6-3-4-7(10)8(11)5-6/h1,3-5,9,13H,12H2. The molecule has 0 heterocycles. The van der Waals surface area contributed by atoms with Crippen molar-refractivity contribution in [2.75, 3.05) is 0 Å². The second-order valence-corrected chi connectivity index (χ2v) is 3.29. The Bertz CT molecular complexity index is 346. The number of terminal acetylenes is 1. The molecule has 1 aromatic carbocycles. The first-order valence-electron chi connectivity index (χ1n) is 3.56. The van der Waals surface area contributed by atoms with E-state index in [0.717, 1.165) is 0 Å². The number of nitrogens with one attached hydrogen (secondary N) is 1. The summed E-state index contributed by atoms with van der Waals surface area (Å²) in [7, 11) is 0. The number of hydrogen-bond donors (Lipinski definition) is 2. The average molecular weight is 243 g/mol. The quantitative estimate of drug-likeness (QED) is 0.471. The first kappa shape index (κ1) is 10.2. The molecule has 1 rings (SSSR count). The second kappa shape index (κ2) is 4.38. The summed E-state index contributed by atoms with van der Waals surface area (Å²) < 4.78 is 13.4. The maximum absolute atomic E-state index is 13.0. The van der Waals surface area contributed by atoms with Crippen LogP contribution in [0.5, 0.6) is 0 Å². The van der Waals surface area contributed by atoms with E-state index < -0.39 is 6.04 Å². The van der Waals surface area contributed by atoms with Gasteiger partial charge in [0, 0.05) is 0 Å². The molecule has 0 fully saturated rings. The lowest BCUT2D eigenvalue weighted by atomic mass is 10.1. The monoisotopic (exact) mass is 242 g/mol. The molecule has 0 aliphatic carbocycles. The maximum Gasteiger partial charge on any atom is 0.137 e. The topological polar surface area (TPSA) is 38.0 Å². The van der Waals surface area contributed by atoms with E-state index in [1.54, 1.807) is 12.1 Å². The van der Waals surface area contributed by atoms with Crippen LogP contribution in [-0.4, -0.2) is 0 Å². The molecule has 0 amide bonds. The molecule has 0 aliphatic heterocycles. The molecule has 68 valence electrons. The zero-order valence-electron chi connectivity index (χ0n) is 6.72. The third kappa shape index (κ3) is 2.28. The molecule has 0 spiro atoms. The lowest BCUT2D eigenvalue weighted by Crippen LogP contribution is -2.26. The summed E-state index contributed by atoms with van der Waals surface area (Å²) in [5.74, 6) is 7.22.